The van der Waals surface area contributed by atoms with Crippen molar-refractivity contribution in [1.29, 1.82) is 0 Å². The Labute approximate surface area is 96.0 Å². The van der Waals surface area contributed by atoms with Crippen molar-refractivity contribution < 1.29 is 23.9 Å². The van der Waals surface area contributed by atoms with Crippen LogP contribution in [0.2, 0.25) is 0 Å². The zero-order valence-corrected chi connectivity index (χ0v) is 8.84. The molecule has 0 saturated carbocycles. The molecule has 1 aliphatic rings. The van der Waals surface area contributed by atoms with Crippen LogP contribution in [0, 0.1) is 10.1 Å². The molecule has 0 aliphatic carbocycles. The number of benzene rings is 1. The first-order chi connectivity index (χ1) is 8.08. The van der Waals surface area contributed by atoms with Crippen LogP contribution in [0.3, 0.4) is 0 Å². The van der Waals surface area contributed by atoms with Crippen molar-refractivity contribution in [3.63, 3.8) is 0 Å². The highest BCUT2D eigenvalue weighted by molar-refractivity contribution is 5.47. The third-order valence-corrected chi connectivity index (χ3v) is 2.50. The van der Waals surface area contributed by atoms with E-state index in [-0.39, 0.29) is 12.4 Å². The van der Waals surface area contributed by atoms with Gasteiger partial charge in [-0.15, -0.1) is 0 Å². The summed E-state index contributed by atoms with van der Waals surface area (Å²) in [6.07, 6.45) is 0. The van der Waals surface area contributed by atoms with E-state index in [1.165, 1.54) is 18.2 Å². The second-order valence-corrected chi connectivity index (χ2v) is 3.49. The fourth-order valence-corrected chi connectivity index (χ4v) is 1.47. The zero-order chi connectivity index (χ0) is 12.5. The van der Waals surface area contributed by atoms with Crippen molar-refractivity contribution >= 4 is 6.47 Å². The normalized spacial score (nSPS) is 16.1. The zero-order valence-electron chi connectivity index (χ0n) is 8.84. The highest BCUT2D eigenvalue weighted by Gasteiger charge is 2.43. The van der Waals surface area contributed by atoms with E-state index in [1.807, 2.05) is 0 Å². The Bertz CT molecular complexity index is 474. The van der Waals surface area contributed by atoms with E-state index in [0.717, 1.165) is 13.4 Å². The van der Waals surface area contributed by atoms with Crippen molar-refractivity contribution in [2.24, 2.45) is 0 Å². The molecule has 17 heavy (non-hydrogen) atoms. The second kappa shape index (κ2) is 3.93. The van der Waals surface area contributed by atoms with Gasteiger partial charge in [0.25, 0.3) is 0 Å². The monoisotopic (exact) mass is 238 g/mol. The molecule has 0 saturated heterocycles. The maximum absolute atomic E-state index is 10.9. The van der Waals surface area contributed by atoms with E-state index in [0.29, 0.717) is 11.5 Å². The number of nitrogens with zero attached hydrogens (tertiary/aromatic N) is 1. The number of hydrogen-bond donors (Lipinski definition) is 0. The average Bonchev–Trinajstić information content (AvgIpc) is 2.75. The van der Waals surface area contributed by atoms with E-state index in [1.54, 1.807) is 0 Å². The van der Waals surface area contributed by atoms with Gasteiger partial charge < -0.3 is 14.2 Å². The van der Waals surface area contributed by atoms with E-state index in [9.17, 15) is 14.9 Å². The lowest BCUT2D eigenvalue weighted by Crippen LogP contribution is -2.34. The largest absolute Gasteiger partial charge is 0.454 e. The molecule has 1 aliphatic heterocycles. The van der Waals surface area contributed by atoms with Crippen LogP contribution in [0.1, 0.15) is 12.5 Å². The molecule has 1 aromatic carbocycles. The fourth-order valence-electron chi connectivity index (χ4n) is 1.47. The molecule has 7 heteroatoms. The molecule has 1 radical (unpaired) electrons. The van der Waals surface area contributed by atoms with Crippen molar-refractivity contribution in [3.8, 4) is 11.5 Å². The number of nitro groups is 1. The molecule has 7 nitrogen and oxygen atoms in total. The minimum atomic E-state index is -1.98. The highest BCUT2D eigenvalue weighted by atomic mass is 16.7. The van der Waals surface area contributed by atoms with Crippen LogP contribution in [-0.4, -0.2) is 18.2 Å². The van der Waals surface area contributed by atoms with Crippen molar-refractivity contribution in [3.05, 3.63) is 33.9 Å². The van der Waals surface area contributed by atoms with E-state index in [2.05, 4.69) is 4.74 Å². The van der Waals surface area contributed by atoms with Crippen molar-refractivity contribution in [2.45, 2.75) is 12.6 Å². The smallest absolute Gasteiger partial charge is 0.423 e. The van der Waals surface area contributed by atoms with Crippen LogP contribution in [0.5, 0.6) is 11.5 Å². The number of carbonyl (C=O) groups excluding carboxylic acids is 1. The Kier molecular flexibility index (Phi) is 2.58. The molecule has 0 spiro atoms. The minimum Gasteiger partial charge on any atom is -0.454 e. The second-order valence-electron chi connectivity index (χ2n) is 3.49. The van der Waals surface area contributed by atoms with E-state index in [4.69, 9.17) is 9.47 Å². The third kappa shape index (κ3) is 1.75. The predicted molar refractivity (Wildman–Crippen MR) is 53.7 cm³/mol. The van der Waals surface area contributed by atoms with Crippen LogP contribution in [0.15, 0.2) is 18.2 Å². The first-order valence-corrected chi connectivity index (χ1v) is 4.67. The molecule has 2 rings (SSSR count). The van der Waals surface area contributed by atoms with Crippen LogP contribution in [0.4, 0.5) is 0 Å². The van der Waals surface area contributed by atoms with Gasteiger partial charge in [-0.3, -0.25) is 10.1 Å². The average molecular weight is 238 g/mol. The Morgan fingerprint density at radius 2 is 2.18 bits per heavy atom. The van der Waals surface area contributed by atoms with Gasteiger partial charge in [0.15, 0.2) is 11.5 Å². The molecule has 1 atom stereocenters. The van der Waals surface area contributed by atoms with Gasteiger partial charge in [-0.25, -0.2) is 4.79 Å². The maximum Gasteiger partial charge on any atom is 0.423 e. The Morgan fingerprint density at radius 3 is 2.82 bits per heavy atom. The van der Waals surface area contributed by atoms with Gasteiger partial charge in [0, 0.05) is 0 Å². The standard InChI is InChI=1S/C10H8NO6/c1-10(11(13)14,17-5-12)7-2-3-8-9(4-7)16-6-15-8/h2-4H,6H2,1H3. The van der Waals surface area contributed by atoms with E-state index < -0.39 is 10.6 Å². The SMILES string of the molecule is CC(O[C]=O)(c1ccc2c(c1)OCO2)[N+](=O)[O-]. The Balaban J connectivity index is 2.43. The van der Waals surface area contributed by atoms with E-state index >= 15 is 0 Å². The summed E-state index contributed by atoms with van der Waals surface area (Å²) in [6, 6.07) is 4.36. The summed E-state index contributed by atoms with van der Waals surface area (Å²) in [5.74, 6) is 0.875. The van der Waals surface area contributed by atoms with Crippen LogP contribution < -0.4 is 9.47 Å². The summed E-state index contributed by atoms with van der Waals surface area (Å²) in [7, 11) is 0. The fraction of sp³-hybridized carbons (Fsp3) is 0.300. The lowest BCUT2D eigenvalue weighted by Gasteiger charge is -2.18. The van der Waals surface area contributed by atoms with Gasteiger partial charge in [-0.1, -0.05) is 0 Å². The molecular weight excluding hydrogens is 230 g/mol. The van der Waals surface area contributed by atoms with Crippen LogP contribution in [0.25, 0.3) is 0 Å². The lowest BCUT2D eigenvalue weighted by molar-refractivity contribution is -0.625. The van der Waals surface area contributed by atoms with Gasteiger partial charge in [-0.05, 0) is 18.2 Å². The molecule has 1 heterocycles. The molecular formula is C10H8NO6. The molecule has 89 valence electrons. The number of ether oxygens (including phenoxy) is 3. The topological polar surface area (TPSA) is 87.9 Å². The lowest BCUT2D eigenvalue weighted by atomic mass is 10.0. The summed E-state index contributed by atoms with van der Waals surface area (Å²) < 4.78 is 14.6. The number of fused-ring (bicyclic) bond motifs is 1. The molecule has 0 bridgehead atoms. The molecule has 1 unspecified atom stereocenters. The van der Waals surface area contributed by atoms with Crippen molar-refractivity contribution in [1.82, 2.24) is 0 Å². The van der Waals surface area contributed by atoms with Gasteiger partial charge in [0.05, 0.1) is 17.4 Å². The molecule has 0 fully saturated rings. The van der Waals surface area contributed by atoms with Crippen LogP contribution >= 0.6 is 0 Å². The molecule has 0 amide bonds. The quantitative estimate of drug-likeness (QED) is 0.440. The minimum absolute atomic E-state index is 0.0641. The predicted octanol–water partition coefficient (Wildman–Crippen LogP) is 0.948. The summed E-state index contributed by atoms with van der Waals surface area (Å²) in [6.45, 7) is 2.32. The Hall–Kier alpha value is -2.31. The summed E-state index contributed by atoms with van der Waals surface area (Å²) in [5.41, 5.74) is -1.81. The Morgan fingerprint density at radius 1 is 1.47 bits per heavy atom. The van der Waals surface area contributed by atoms with Gasteiger partial charge >= 0.3 is 12.2 Å². The summed E-state index contributed by atoms with van der Waals surface area (Å²) >= 11 is 0. The first kappa shape index (κ1) is 11.2. The third-order valence-electron chi connectivity index (χ3n) is 2.50. The van der Waals surface area contributed by atoms with Crippen molar-refractivity contribution in [2.75, 3.05) is 6.79 Å². The van der Waals surface area contributed by atoms with Crippen LogP contribution in [-0.2, 0) is 15.3 Å². The molecule has 1 aromatic rings. The number of rotatable bonds is 4. The van der Waals surface area contributed by atoms with Gasteiger partial charge in [0.1, 0.15) is 0 Å². The number of hydrogen-bond acceptors (Lipinski definition) is 6. The first-order valence-electron chi connectivity index (χ1n) is 4.67. The maximum atomic E-state index is 10.9. The van der Waals surface area contributed by atoms with Gasteiger partial charge in [0.2, 0.25) is 6.79 Å². The molecule has 0 N–H and O–H groups in total. The summed E-state index contributed by atoms with van der Waals surface area (Å²) in [4.78, 5) is 20.5. The molecule has 0 aromatic heterocycles. The highest BCUT2D eigenvalue weighted by Crippen LogP contribution is 2.36. The van der Waals surface area contributed by atoms with Gasteiger partial charge in [-0.2, -0.15) is 0 Å². The summed E-state index contributed by atoms with van der Waals surface area (Å²) in [5, 5.41) is 10.9.